The van der Waals surface area contributed by atoms with Crippen LogP contribution in [0.3, 0.4) is 0 Å². The molecule has 0 aliphatic heterocycles. The Balaban J connectivity index is 2.32. The molecule has 0 aliphatic carbocycles. The molecule has 2 aromatic carbocycles. The summed E-state index contributed by atoms with van der Waals surface area (Å²) in [5.74, 6) is 0.342. The van der Waals surface area contributed by atoms with Gasteiger partial charge < -0.3 is 4.90 Å². The van der Waals surface area contributed by atoms with Gasteiger partial charge in [-0.2, -0.15) is 0 Å². The molecule has 2 nitrogen and oxygen atoms in total. The molecule has 2 heteroatoms. The summed E-state index contributed by atoms with van der Waals surface area (Å²) in [5.41, 5.74) is 3.65. The number of carbonyl (C=O) groups is 1. The highest BCUT2D eigenvalue weighted by molar-refractivity contribution is 5.77. The van der Waals surface area contributed by atoms with Gasteiger partial charge in [0.15, 0.2) is 0 Å². The van der Waals surface area contributed by atoms with E-state index in [1.165, 1.54) is 16.7 Å². The fourth-order valence-electron chi connectivity index (χ4n) is 2.88. The van der Waals surface area contributed by atoms with Crippen molar-refractivity contribution < 1.29 is 4.79 Å². The summed E-state index contributed by atoms with van der Waals surface area (Å²) in [5, 5.41) is 0. The average molecular weight is 295 g/mol. The maximum absolute atomic E-state index is 12.6. The van der Waals surface area contributed by atoms with Crippen LogP contribution in [-0.2, 0) is 4.79 Å². The Labute approximate surface area is 133 Å². The lowest BCUT2D eigenvalue weighted by Crippen LogP contribution is -2.31. The largest absolute Gasteiger partial charge is 0.343 e. The Kier molecular flexibility index (Phi) is 5.76. The summed E-state index contributed by atoms with van der Waals surface area (Å²) in [7, 11) is 0. The third-order valence-electron chi connectivity index (χ3n) is 4.14. The summed E-state index contributed by atoms with van der Waals surface area (Å²) in [4.78, 5) is 14.5. The smallest absolute Gasteiger partial charge is 0.223 e. The van der Waals surface area contributed by atoms with Crippen molar-refractivity contribution in [1.82, 2.24) is 4.90 Å². The maximum atomic E-state index is 12.6. The quantitative estimate of drug-likeness (QED) is 0.774. The third kappa shape index (κ3) is 3.97. The topological polar surface area (TPSA) is 20.3 Å². The molecular formula is C20H25NO. The number of benzene rings is 2. The molecule has 0 aliphatic rings. The molecular weight excluding hydrogens is 270 g/mol. The van der Waals surface area contributed by atoms with Gasteiger partial charge in [-0.25, -0.2) is 0 Å². The molecule has 0 aromatic heterocycles. The summed E-state index contributed by atoms with van der Waals surface area (Å²) in [6.07, 6.45) is 0.523. The second-order valence-electron chi connectivity index (χ2n) is 5.65. The monoisotopic (exact) mass is 295 g/mol. The minimum atomic E-state index is 0.120. The highest BCUT2D eigenvalue weighted by Crippen LogP contribution is 2.29. The summed E-state index contributed by atoms with van der Waals surface area (Å²) in [6.45, 7) is 7.70. The molecule has 22 heavy (non-hydrogen) atoms. The molecule has 1 unspecified atom stereocenters. The number of nitrogens with zero attached hydrogens (tertiary/aromatic N) is 1. The lowest BCUT2D eigenvalue weighted by molar-refractivity contribution is -0.131. The first-order valence-corrected chi connectivity index (χ1v) is 8.05. The van der Waals surface area contributed by atoms with Gasteiger partial charge in [0.05, 0.1) is 0 Å². The van der Waals surface area contributed by atoms with Gasteiger partial charge in [-0.05, 0) is 31.9 Å². The first-order chi connectivity index (χ1) is 10.7. The maximum Gasteiger partial charge on any atom is 0.223 e. The van der Waals surface area contributed by atoms with E-state index < -0.39 is 0 Å². The van der Waals surface area contributed by atoms with Crippen LogP contribution in [0.25, 0.3) is 0 Å². The predicted octanol–water partition coefficient (Wildman–Crippen LogP) is 4.39. The van der Waals surface area contributed by atoms with E-state index in [-0.39, 0.29) is 11.8 Å². The van der Waals surface area contributed by atoms with E-state index in [0.29, 0.717) is 6.42 Å². The van der Waals surface area contributed by atoms with E-state index >= 15 is 0 Å². The normalized spacial score (nSPS) is 12.0. The van der Waals surface area contributed by atoms with E-state index in [1.807, 2.05) is 36.9 Å². The summed E-state index contributed by atoms with van der Waals surface area (Å²) < 4.78 is 0. The molecule has 116 valence electrons. The lowest BCUT2D eigenvalue weighted by Gasteiger charge is -2.23. The van der Waals surface area contributed by atoms with E-state index in [9.17, 15) is 4.79 Å². The third-order valence-corrected chi connectivity index (χ3v) is 4.14. The van der Waals surface area contributed by atoms with Gasteiger partial charge in [0.1, 0.15) is 0 Å². The highest BCUT2D eigenvalue weighted by Gasteiger charge is 2.20. The molecule has 0 saturated carbocycles. The fraction of sp³-hybridized carbons (Fsp3) is 0.350. The predicted molar refractivity (Wildman–Crippen MR) is 92.0 cm³/mol. The fourth-order valence-corrected chi connectivity index (χ4v) is 2.88. The van der Waals surface area contributed by atoms with Gasteiger partial charge in [0.2, 0.25) is 5.91 Å². The molecule has 1 amide bonds. The average Bonchev–Trinajstić information content (AvgIpc) is 2.54. The van der Waals surface area contributed by atoms with Gasteiger partial charge in [-0.3, -0.25) is 4.79 Å². The second-order valence-corrected chi connectivity index (χ2v) is 5.65. The van der Waals surface area contributed by atoms with Crippen LogP contribution >= 0.6 is 0 Å². The zero-order valence-corrected chi connectivity index (χ0v) is 13.8. The van der Waals surface area contributed by atoms with E-state index in [1.54, 1.807) is 0 Å². The van der Waals surface area contributed by atoms with Gasteiger partial charge in [-0.15, -0.1) is 0 Å². The highest BCUT2D eigenvalue weighted by atomic mass is 16.2. The zero-order valence-electron chi connectivity index (χ0n) is 13.8. The van der Waals surface area contributed by atoms with Crippen LogP contribution in [0.1, 0.15) is 42.9 Å². The Bertz CT molecular complexity index is 602. The van der Waals surface area contributed by atoms with Crippen molar-refractivity contribution in [2.45, 2.75) is 33.1 Å². The van der Waals surface area contributed by atoms with Crippen molar-refractivity contribution in [2.75, 3.05) is 13.1 Å². The number of hydrogen-bond donors (Lipinski definition) is 0. The lowest BCUT2D eigenvalue weighted by atomic mass is 9.87. The summed E-state index contributed by atoms with van der Waals surface area (Å²) >= 11 is 0. The van der Waals surface area contributed by atoms with Crippen LogP contribution in [0.4, 0.5) is 0 Å². The van der Waals surface area contributed by atoms with Crippen LogP contribution in [0.15, 0.2) is 54.6 Å². The molecule has 0 saturated heterocycles. The zero-order chi connectivity index (χ0) is 15.9. The molecule has 2 rings (SSSR count). The Morgan fingerprint density at radius 2 is 1.59 bits per heavy atom. The molecule has 2 aromatic rings. The van der Waals surface area contributed by atoms with Crippen molar-refractivity contribution in [3.63, 3.8) is 0 Å². The summed E-state index contributed by atoms with van der Waals surface area (Å²) in [6, 6.07) is 18.8. The van der Waals surface area contributed by atoms with Crippen molar-refractivity contribution >= 4 is 5.91 Å². The van der Waals surface area contributed by atoms with Crippen LogP contribution in [-0.4, -0.2) is 23.9 Å². The van der Waals surface area contributed by atoms with Crippen LogP contribution in [0.5, 0.6) is 0 Å². The Hall–Kier alpha value is -2.09. The van der Waals surface area contributed by atoms with Gasteiger partial charge in [0.25, 0.3) is 0 Å². The number of amides is 1. The van der Waals surface area contributed by atoms with Gasteiger partial charge in [0, 0.05) is 25.4 Å². The van der Waals surface area contributed by atoms with Crippen LogP contribution in [0.2, 0.25) is 0 Å². The molecule has 0 bridgehead atoms. The number of aryl methyl sites for hydroxylation is 1. The van der Waals surface area contributed by atoms with Crippen LogP contribution < -0.4 is 0 Å². The first kappa shape index (κ1) is 16.3. The minimum absolute atomic E-state index is 0.120. The molecule has 0 N–H and O–H groups in total. The standard InChI is InChI=1S/C20H25NO/c1-4-21(5-2)20(22)15-19(17-11-7-6-8-12-17)18-13-9-10-16(3)14-18/h6-14,19H,4-5,15H2,1-3H3. The van der Waals surface area contributed by atoms with Crippen molar-refractivity contribution in [3.05, 3.63) is 71.3 Å². The number of carbonyl (C=O) groups excluding carboxylic acids is 1. The molecule has 0 radical (unpaired) electrons. The second kappa shape index (κ2) is 7.79. The molecule has 0 fully saturated rings. The van der Waals surface area contributed by atoms with Gasteiger partial charge in [-0.1, -0.05) is 60.2 Å². The minimum Gasteiger partial charge on any atom is -0.343 e. The number of hydrogen-bond acceptors (Lipinski definition) is 1. The first-order valence-electron chi connectivity index (χ1n) is 8.05. The van der Waals surface area contributed by atoms with Crippen LogP contribution in [0, 0.1) is 6.92 Å². The van der Waals surface area contributed by atoms with Crippen molar-refractivity contribution in [2.24, 2.45) is 0 Å². The molecule has 0 spiro atoms. The van der Waals surface area contributed by atoms with Gasteiger partial charge >= 0.3 is 0 Å². The Morgan fingerprint density at radius 3 is 2.18 bits per heavy atom. The van der Waals surface area contributed by atoms with E-state index in [4.69, 9.17) is 0 Å². The van der Waals surface area contributed by atoms with E-state index in [2.05, 4.69) is 43.3 Å². The molecule has 0 heterocycles. The molecule has 1 atom stereocenters. The number of rotatable bonds is 6. The van der Waals surface area contributed by atoms with Crippen molar-refractivity contribution in [3.8, 4) is 0 Å². The SMILES string of the molecule is CCN(CC)C(=O)CC(c1ccccc1)c1cccc(C)c1. The Morgan fingerprint density at radius 1 is 0.955 bits per heavy atom. The van der Waals surface area contributed by atoms with E-state index in [0.717, 1.165) is 13.1 Å². The van der Waals surface area contributed by atoms with Crippen molar-refractivity contribution in [1.29, 1.82) is 0 Å².